The van der Waals surface area contributed by atoms with Gasteiger partial charge in [0.05, 0.1) is 23.4 Å². The Morgan fingerprint density at radius 3 is 2.75 bits per heavy atom. The smallest absolute Gasteiger partial charge is 0.137 e. The molecule has 1 N–H and O–H groups in total. The molecule has 0 heterocycles. The number of methoxy groups -OCH3 is 1. The number of benzene rings is 2. The Kier molecular flexibility index (Phi) is 4.89. The van der Waals surface area contributed by atoms with E-state index < -0.39 is 0 Å². The van der Waals surface area contributed by atoms with Gasteiger partial charge in [-0.25, -0.2) is 0 Å². The Bertz CT molecular complexity index is 667. The van der Waals surface area contributed by atoms with Crippen LogP contribution in [0.4, 0.5) is 5.69 Å². The molecule has 0 amide bonds. The second kappa shape index (κ2) is 6.65. The summed E-state index contributed by atoms with van der Waals surface area (Å²) in [6, 6.07) is 13.3. The molecule has 5 heteroatoms. The zero-order valence-corrected chi connectivity index (χ0v) is 13.1. The van der Waals surface area contributed by atoms with Crippen LogP contribution in [0.15, 0.2) is 40.9 Å². The molecule has 0 aliphatic rings. The summed E-state index contributed by atoms with van der Waals surface area (Å²) in [5.74, 6) is 0.649. The number of nitrogens with one attached hydrogen (secondary N) is 1. The normalized spacial score (nSPS) is 9.90. The molecule has 0 aromatic heterocycles. The Morgan fingerprint density at radius 2 is 2.10 bits per heavy atom. The molecule has 0 radical (unpaired) electrons. The molecule has 0 bridgehead atoms. The number of anilines is 1. The predicted octanol–water partition coefficient (Wildman–Crippen LogP) is 4.59. The van der Waals surface area contributed by atoms with Crippen molar-refractivity contribution in [2.75, 3.05) is 12.4 Å². The van der Waals surface area contributed by atoms with Crippen LogP contribution in [0.2, 0.25) is 5.02 Å². The molecule has 0 atom stereocenters. The van der Waals surface area contributed by atoms with E-state index >= 15 is 0 Å². The first-order valence-corrected chi connectivity index (χ1v) is 7.07. The third-order valence-electron chi connectivity index (χ3n) is 2.80. The van der Waals surface area contributed by atoms with Gasteiger partial charge in [-0.15, -0.1) is 0 Å². The summed E-state index contributed by atoms with van der Waals surface area (Å²) in [6.07, 6.45) is 0. The van der Waals surface area contributed by atoms with Gasteiger partial charge in [-0.1, -0.05) is 33.6 Å². The van der Waals surface area contributed by atoms with Gasteiger partial charge in [-0.3, -0.25) is 0 Å². The molecule has 20 heavy (non-hydrogen) atoms. The van der Waals surface area contributed by atoms with Crippen LogP contribution in [-0.4, -0.2) is 7.11 Å². The summed E-state index contributed by atoms with van der Waals surface area (Å²) in [4.78, 5) is 0. The van der Waals surface area contributed by atoms with Crippen molar-refractivity contribution in [3.8, 4) is 11.8 Å². The zero-order valence-electron chi connectivity index (χ0n) is 10.8. The van der Waals surface area contributed by atoms with E-state index in [1.807, 2.05) is 30.3 Å². The van der Waals surface area contributed by atoms with E-state index in [4.69, 9.17) is 21.6 Å². The van der Waals surface area contributed by atoms with Crippen molar-refractivity contribution in [2.24, 2.45) is 0 Å². The second-order valence-electron chi connectivity index (χ2n) is 4.12. The largest absolute Gasteiger partial charge is 0.495 e. The van der Waals surface area contributed by atoms with Crippen LogP contribution in [0.5, 0.6) is 5.75 Å². The number of ether oxygens (including phenoxy) is 1. The summed E-state index contributed by atoms with van der Waals surface area (Å²) in [5, 5.41) is 12.9. The van der Waals surface area contributed by atoms with Crippen molar-refractivity contribution in [1.82, 2.24) is 0 Å². The molecule has 0 unspecified atom stereocenters. The highest BCUT2D eigenvalue weighted by Crippen LogP contribution is 2.26. The molecule has 0 aliphatic heterocycles. The molecule has 0 aliphatic carbocycles. The number of nitriles is 1. The number of hydrogen-bond acceptors (Lipinski definition) is 3. The maximum absolute atomic E-state index is 9.08. The average molecular weight is 352 g/mol. The highest BCUT2D eigenvalue weighted by atomic mass is 79.9. The zero-order chi connectivity index (χ0) is 14.5. The fourth-order valence-electron chi connectivity index (χ4n) is 1.78. The highest BCUT2D eigenvalue weighted by Gasteiger charge is 2.05. The van der Waals surface area contributed by atoms with Crippen LogP contribution in [-0.2, 0) is 6.54 Å². The Balaban J connectivity index is 2.15. The lowest BCUT2D eigenvalue weighted by molar-refractivity contribution is 0.415. The molecule has 3 nitrogen and oxygen atoms in total. The Hall–Kier alpha value is -1.70. The molecule has 0 spiro atoms. The van der Waals surface area contributed by atoms with Crippen molar-refractivity contribution in [3.05, 3.63) is 57.0 Å². The summed E-state index contributed by atoms with van der Waals surface area (Å²) >= 11 is 9.48. The van der Waals surface area contributed by atoms with Crippen LogP contribution < -0.4 is 10.1 Å². The van der Waals surface area contributed by atoms with Gasteiger partial charge in [0, 0.05) is 11.0 Å². The minimum Gasteiger partial charge on any atom is -0.495 e. The maximum atomic E-state index is 9.08. The average Bonchev–Trinajstić information content (AvgIpc) is 2.45. The fourth-order valence-corrected chi connectivity index (χ4v) is 2.42. The van der Waals surface area contributed by atoms with Crippen LogP contribution in [0, 0.1) is 11.3 Å². The molecular formula is C15H12BrClN2O. The molecule has 102 valence electrons. The number of halogens is 2. The van der Waals surface area contributed by atoms with Crippen LogP contribution >= 0.6 is 27.5 Å². The predicted molar refractivity (Wildman–Crippen MR) is 84.2 cm³/mol. The van der Waals surface area contributed by atoms with Crippen molar-refractivity contribution < 1.29 is 4.74 Å². The van der Waals surface area contributed by atoms with Gasteiger partial charge in [0.25, 0.3) is 0 Å². The standard InChI is InChI=1S/C15H12BrClN2O/c1-20-15-5-2-10(6-13(15)17)9-19-14-7-12(16)4-3-11(14)8-18/h2-7,19H,9H2,1H3. The van der Waals surface area contributed by atoms with Gasteiger partial charge in [-0.2, -0.15) is 5.26 Å². The lowest BCUT2D eigenvalue weighted by Gasteiger charge is -2.10. The number of hydrogen-bond donors (Lipinski definition) is 1. The molecule has 0 fully saturated rings. The SMILES string of the molecule is COc1ccc(CNc2cc(Br)ccc2C#N)cc1Cl. The maximum Gasteiger partial charge on any atom is 0.137 e. The number of rotatable bonds is 4. The topological polar surface area (TPSA) is 45.0 Å². The summed E-state index contributed by atoms with van der Waals surface area (Å²) in [5.41, 5.74) is 2.40. The molecule has 0 saturated heterocycles. The van der Waals surface area contributed by atoms with Crippen molar-refractivity contribution in [3.63, 3.8) is 0 Å². The highest BCUT2D eigenvalue weighted by molar-refractivity contribution is 9.10. The first kappa shape index (κ1) is 14.7. The van der Waals surface area contributed by atoms with E-state index in [1.54, 1.807) is 13.2 Å². The minimum atomic E-state index is 0.571. The van der Waals surface area contributed by atoms with Crippen molar-refractivity contribution in [1.29, 1.82) is 5.26 Å². The monoisotopic (exact) mass is 350 g/mol. The molecular weight excluding hydrogens is 340 g/mol. The fraction of sp³-hybridized carbons (Fsp3) is 0.133. The van der Waals surface area contributed by atoms with Crippen molar-refractivity contribution >= 4 is 33.2 Å². The number of nitrogens with zero attached hydrogens (tertiary/aromatic N) is 1. The first-order chi connectivity index (χ1) is 9.63. The summed E-state index contributed by atoms with van der Waals surface area (Å²) < 4.78 is 6.04. The first-order valence-electron chi connectivity index (χ1n) is 5.90. The van der Waals surface area contributed by atoms with Crippen LogP contribution in [0.3, 0.4) is 0 Å². The lowest BCUT2D eigenvalue weighted by Crippen LogP contribution is -2.01. The van der Waals surface area contributed by atoms with E-state index in [0.717, 1.165) is 15.7 Å². The molecule has 2 aromatic carbocycles. The minimum absolute atomic E-state index is 0.571. The van der Waals surface area contributed by atoms with Gasteiger partial charge < -0.3 is 10.1 Å². The lowest BCUT2D eigenvalue weighted by atomic mass is 10.1. The van der Waals surface area contributed by atoms with Gasteiger partial charge in [0.15, 0.2) is 0 Å². The van der Waals surface area contributed by atoms with Gasteiger partial charge in [0.1, 0.15) is 11.8 Å². The Morgan fingerprint density at radius 1 is 1.30 bits per heavy atom. The van der Waals surface area contributed by atoms with Gasteiger partial charge in [-0.05, 0) is 35.9 Å². The third kappa shape index (κ3) is 3.44. The van der Waals surface area contributed by atoms with Gasteiger partial charge in [0.2, 0.25) is 0 Å². The van der Waals surface area contributed by atoms with E-state index in [0.29, 0.717) is 22.9 Å². The summed E-state index contributed by atoms with van der Waals surface area (Å²) in [6.45, 7) is 0.578. The van der Waals surface area contributed by atoms with Crippen LogP contribution in [0.1, 0.15) is 11.1 Å². The van der Waals surface area contributed by atoms with E-state index in [-0.39, 0.29) is 0 Å². The molecule has 2 aromatic rings. The summed E-state index contributed by atoms with van der Waals surface area (Å²) in [7, 11) is 1.58. The molecule has 2 rings (SSSR count). The second-order valence-corrected chi connectivity index (χ2v) is 5.45. The van der Waals surface area contributed by atoms with Crippen LogP contribution in [0.25, 0.3) is 0 Å². The quantitative estimate of drug-likeness (QED) is 0.876. The van der Waals surface area contributed by atoms with E-state index in [9.17, 15) is 0 Å². The van der Waals surface area contributed by atoms with E-state index in [1.165, 1.54) is 0 Å². The van der Waals surface area contributed by atoms with Crippen molar-refractivity contribution in [2.45, 2.75) is 6.54 Å². The van der Waals surface area contributed by atoms with Gasteiger partial charge >= 0.3 is 0 Å². The van der Waals surface area contributed by atoms with E-state index in [2.05, 4.69) is 27.3 Å². The third-order valence-corrected chi connectivity index (χ3v) is 3.59. The Labute approximate surface area is 131 Å². The molecule has 0 saturated carbocycles.